The van der Waals surface area contributed by atoms with Crippen LogP contribution >= 0.6 is 0 Å². The summed E-state index contributed by atoms with van der Waals surface area (Å²) < 4.78 is 5.48. The van der Waals surface area contributed by atoms with Crippen LogP contribution in [0.15, 0.2) is 61.3 Å². The molecule has 0 fully saturated rings. The Labute approximate surface area is 153 Å². The van der Waals surface area contributed by atoms with Crippen molar-refractivity contribution < 1.29 is 14.3 Å². The minimum atomic E-state index is -0.391. The summed E-state index contributed by atoms with van der Waals surface area (Å²) in [6.07, 6.45) is 3.04. The van der Waals surface area contributed by atoms with Crippen molar-refractivity contribution in [1.29, 1.82) is 0 Å². The zero-order valence-electron chi connectivity index (χ0n) is 14.9. The highest BCUT2D eigenvalue weighted by Crippen LogP contribution is 2.23. The van der Waals surface area contributed by atoms with Gasteiger partial charge < -0.3 is 15.0 Å². The van der Waals surface area contributed by atoms with Crippen LogP contribution in [0.3, 0.4) is 0 Å². The molecule has 2 amide bonds. The van der Waals surface area contributed by atoms with Gasteiger partial charge in [0.15, 0.2) is 0 Å². The summed E-state index contributed by atoms with van der Waals surface area (Å²) in [5, 5.41) is 2.73. The zero-order valence-corrected chi connectivity index (χ0v) is 14.9. The first-order valence-corrected chi connectivity index (χ1v) is 8.44. The van der Waals surface area contributed by atoms with Crippen molar-refractivity contribution in [2.24, 2.45) is 0 Å². The minimum absolute atomic E-state index is 0.263. The maximum absolute atomic E-state index is 12.5. The number of aromatic nitrogens is 1. The second-order valence-electron chi connectivity index (χ2n) is 5.54. The lowest BCUT2D eigenvalue weighted by atomic mass is 10.2. The summed E-state index contributed by atoms with van der Waals surface area (Å²) in [4.78, 5) is 30.6. The first kappa shape index (κ1) is 19.2. The molecule has 0 aliphatic rings. The van der Waals surface area contributed by atoms with E-state index in [4.69, 9.17) is 4.74 Å². The van der Waals surface area contributed by atoms with Crippen LogP contribution in [-0.4, -0.2) is 34.8 Å². The summed E-state index contributed by atoms with van der Waals surface area (Å²) in [5.41, 5.74) is 1.30. The Balaban J connectivity index is 1.99. The Kier molecular flexibility index (Phi) is 7.36. The van der Waals surface area contributed by atoms with Crippen LogP contribution in [0.1, 0.15) is 19.0 Å². The Morgan fingerprint density at radius 1 is 1.23 bits per heavy atom. The number of hydrogen-bond acceptors (Lipinski definition) is 4. The molecule has 26 heavy (non-hydrogen) atoms. The maximum atomic E-state index is 12.5. The van der Waals surface area contributed by atoms with Gasteiger partial charge in [-0.05, 0) is 31.2 Å². The number of hydrogen-bond donors (Lipinski definition) is 1. The third kappa shape index (κ3) is 5.73. The van der Waals surface area contributed by atoms with Crippen LogP contribution in [-0.2, 0) is 16.1 Å². The van der Waals surface area contributed by atoms with Crippen molar-refractivity contribution in [2.45, 2.75) is 19.9 Å². The van der Waals surface area contributed by atoms with E-state index in [0.717, 1.165) is 5.69 Å². The van der Waals surface area contributed by atoms with E-state index in [1.807, 2.05) is 31.2 Å². The number of nitrogens with zero attached hydrogens (tertiary/aromatic N) is 2. The quantitative estimate of drug-likeness (QED) is 0.556. The molecule has 0 saturated carbocycles. The SMILES string of the molecule is C=CCN(Cc1ccccn1)C(=O)CC(=O)Nc1ccccc1OCC. The molecule has 0 atom stereocenters. The lowest BCUT2D eigenvalue weighted by Crippen LogP contribution is -2.33. The molecular weight excluding hydrogens is 330 g/mol. The van der Waals surface area contributed by atoms with Crippen molar-refractivity contribution in [2.75, 3.05) is 18.5 Å². The van der Waals surface area contributed by atoms with Gasteiger partial charge in [-0.25, -0.2) is 0 Å². The van der Waals surface area contributed by atoms with Crippen LogP contribution in [0.4, 0.5) is 5.69 Å². The second kappa shape index (κ2) is 9.98. The molecule has 0 saturated heterocycles. The van der Waals surface area contributed by atoms with E-state index >= 15 is 0 Å². The van der Waals surface area contributed by atoms with E-state index in [-0.39, 0.29) is 12.3 Å². The average molecular weight is 353 g/mol. The van der Waals surface area contributed by atoms with Crippen molar-refractivity contribution in [3.8, 4) is 5.75 Å². The fourth-order valence-electron chi connectivity index (χ4n) is 2.39. The van der Waals surface area contributed by atoms with Gasteiger partial charge in [0.05, 0.1) is 24.5 Å². The fraction of sp³-hybridized carbons (Fsp3) is 0.250. The Bertz CT molecular complexity index is 747. The predicted molar refractivity (Wildman–Crippen MR) is 101 cm³/mol. The summed E-state index contributed by atoms with van der Waals surface area (Å²) >= 11 is 0. The molecule has 1 aromatic heterocycles. The van der Waals surface area contributed by atoms with Crippen LogP contribution in [0.25, 0.3) is 0 Å². The first-order valence-electron chi connectivity index (χ1n) is 8.44. The molecule has 6 nitrogen and oxygen atoms in total. The van der Waals surface area contributed by atoms with Crippen LogP contribution < -0.4 is 10.1 Å². The number of pyridine rings is 1. The lowest BCUT2D eigenvalue weighted by molar-refractivity contribution is -0.134. The predicted octanol–water partition coefficient (Wildman–Crippen LogP) is 3.02. The largest absolute Gasteiger partial charge is 0.492 e. The molecule has 136 valence electrons. The van der Waals surface area contributed by atoms with Crippen LogP contribution in [0, 0.1) is 0 Å². The molecule has 0 spiro atoms. The van der Waals surface area contributed by atoms with Gasteiger partial charge in [-0.3, -0.25) is 14.6 Å². The Morgan fingerprint density at radius 2 is 2.00 bits per heavy atom. The van der Waals surface area contributed by atoms with Gasteiger partial charge in [0.25, 0.3) is 0 Å². The van der Waals surface area contributed by atoms with E-state index in [1.54, 1.807) is 35.4 Å². The third-order valence-electron chi connectivity index (χ3n) is 3.55. The number of nitrogens with one attached hydrogen (secondary N) is 1. The zero-order chi connectivity index (χ0) is 18.8. The van der Waals surface area contributed by atoms with Crippen molar-refractivity contribution in [3.63, 3.8) is 0 Å². The van der Waals surface area contributed by atoms with Crippen molar-refractivity contribution >= 4 is 17.5 Å². The number of para-hydroxylation sites is 2. The summed E-state index contributed by atoms with van der Waals surface area (Å²) in [6, 6.07) is 12.6. The van der Waals surface area contributed by atoms with Gasteiger partial charge >= 0.3 is 0 Å². The molecule has 1 heterocycles. The summed E-state index contributed by atoms with van der Waals surface area (Å²) in [7, 11) is 0. The highest BCUT2D eigenvalue weighted by molar-refractivity contribution is 6.04. The molecule has 1 N–H and O–H groups in total. The maximum Gasteiger partial charge on any atom is 0.233 e. The number of ether oxygens (including phenoxy) is 1. The van der Waals surface area contributed by atoms with Gasteiger partial charge in [0, 0.05) is 12.7 Å². The van der Waals surface area contributed by atoms with Gasteiger partial charge in [0.1, 0.15) is 12.2 Å². The fourth-order valence-corrected chi connectivity index (χ4v) is 2.39. The molecule has 6 heteroatoms. The Hall–Kier alpha value is -3.15. The molecule has 0 unspecified atom stereocenters. The molecule has 2 rings (SSSR count). The van der Waals surface area contributed by atoms with E-state index in [9.17, 15) is 9.59 Å². The van der Waals surface area contributed by atoms with E-state index in [2.05, 4.69) is 16.9 Å². The monoisotopic (exact) mass is 353 g/mol. The molecule has 2 aromatic rings. The number of carbonyl (C=O) groups excluding carboxylic acids is 2. The van der Waals surface area contributed by atoms with E-state index in [0.29, 0.717) is 31.1 Å². The van der Waals surface area contributed by atoms with Crippen LogP contribution in [0.2, 0.25) is 0 Å². The minimum Gasteiger partial charge on any atom is -0.492 e. The van der Waals surface area contributed by atoms with Gasteiger partial charge in [-0.2, -0.15) is 0 Å². The van der Waals surface area contributed by atoms with Gasteiger partial charge in [0.2, 0.25) is 11.8 Å². The number of carbonyl (C=O) groups is 2. The Morgan fingerprint density at radius 3 is 2.69 bits per heavy atom. The number of anilines is 1. The van der Waals surface area contributed by atoms with Gasteiger partial charge in [-0.15, -0.1) is 6.58 Å². The number of benzene rings is 1. The normalized spacial score (nSPS) is 10.0. The van der Waals surface area contributed by atoms with E-state index in [1.165, 1.54) is 0 Å². The molecule has 0 aliphatic carbocycles. The number of amides is 2. The highest BCUT2D eigenvalue weighted by Gasteiger charge is 2.18. The standard InChI is InChI=1S/C20H23N3O3/c1-3-13-23(15-16-9-7-8-12-21-16)20(25)14-19(24)22-17-10-5-6-11-18(17)26-4-2/h3,5-12H,1,4,13-15H2,2H3,(H,22,24). The topological polar surface area (TPSA) is 71.5 Å². The first-order chi connectivity index (χ1) is 12.6. The lowest BCUT2D eigenvalue weighted by Gasteiger charge is -2.20. The van der Waals surface area contributed by atoms with Crippen LogP contribution in [0.5, 0.6) is 5.75 Å². The third-order valence-corrected chi connectivity index (χ3v) is 3.55. The smallest absolute Gasteiger partial charge is 0.233 e. The van der Waals surface area contributed by atoms with Crippen molar-refractivity contribution in [1.82, 2.24) is 9.88 Å². The molecule has 1 aromatic carbocycles. The summed E-state index contributed by atoms with van der Waals surface area (Å²) in [5.74, 6) is -0.105. The number of rotatable bonds is 9. The van der Waals surface area contributed by atoms with E-state index < -0.39 is 5.91 Å². The molecule has 0 aliphatic heterocycles. The molecular formula is C20H23N3O3. The average Bonchev–Trinajstić information content (AvgIpc) is 2.64. The summed E-state index contributed by atoms with van der Waals surface area (Å²) in [6.45, 7) is 6.70. The van der Waals surface area contributed by atoms with Gasteiger partial charge in [-0.1, -0.05) is 24.3 Å². The highest BCUT2D eigenvalue weighted by atomic mass is 16.5. The molecule has 0 bridgehead atoms. The van der Waals surface area contributed by atoms with Crippen molar-refractivity contribution in [3.05, 3.63) is 67.0 Å². The second-order valence-corrected chi connectivity index (χ2v) is 5.54. The molecule has 0 radical (unpaired) electrons.